The van der Waals surface area contributed by atoms with Crippen LogP contribution in [0.2, 0.25) is 0 Å². The topological polar surface area (TPSA) is 50.7 Å². The van der Waals surface area contributed by atoms with Gasteiger partial charge in [-0.25, -0.2) is 5.48 Å². The Kier molecular flexibility index (Phi) is 6.96. The predicted octanol–water partition coefficient (Wildman–Crippen LogP) is 1.48. The van der Waals surface area contributed by atoms with E-state index in [0.29, 0.717) is 25.2 Å². The van der Waals surface area contributed by atoms with Gasteiger partial charge in [-0.1, -0.05) is 26.2 Å². The molecular weight excluding hydrogens is 206 g/mol. The Balaban J connectivity index is 2.18. The minimum Gasteiger partial charge on any atom is -0.389 e. The molecule has 4 nitrogen and oxygen atoms in total. The van der Waals surface area contributed by atoms with Crippen LogP contribution in [0.25, 0.3) is 0 Å². The highest BCUT2D eigenvalue weighted by molar-refractivity contribution is 4.75. The molecule has 1 aliphatic rings. The molecule has 0 amide bonds. The van der Waals surface area contributed by atoms with Crippen LogP contribution < -0.4 is 5.48 Å². The van der Waals surface area contributed by atoms with E-state index in [1.165, 1.54) is 25.7 Å². The van der Waals surface area contributed by atoms with Gasteiger partial charge >= 0.3 is 0 Å². The van der Waals surface area contributed by atoms with Crippen molar-refractivity contribution in [1.82, 2.24) is 5.48 Å². The number of rotatable bonds is 7. The molecule has 0 aromatic heterocycles. The summed E-state index contributed by atoms with van der Waals surface area (Å²) in [7, 11) is 1.54. The molecule has 16 heavy (non-hydrogen) atoms. The van der Waals surface area contributed by atoms with Gasteiger partial charge in [0.25, 0.3) is 0 Å². The summed E-state index contributed by atoms with van der Waals surface area (Å²) in [5.74, 6) is 0.677. The van der Waals surface area contributed by atoms with E-state index in [2.05, 4.69) is 17.2 Å². The van der Waals surface area contributed by atoms with Crippen LogP contribution in [0.5, 0.6) is 0 Å². The molecule has 0 radical (unpaired) electrons. The van der Waals surface area contributed by atoms with Crippen molar-refractivity contribution < 1.29 is 14.7 Å². The lowest BCUT2D eigenvalue weighted by Gasteiger charge is -2.31. The van der Waals surface area contributed by atoms with Gasteiger partial charge in [0.2, 0.25) is 0 Å². The van der Waals surface area contributed by atoms with E-state index in [-0.39, 0.29) is 0 Å². The first-order valence-corrected chi connectivity index (χ1v) is 6.33. The second-order valence-electron chi connectivity index (χ2n) is 4.53. The van der Waals surface area contributed by atoms with Gasteiger partial charge in [0.05, 0.1) is 25.9 Å². The van der Waals surface area contributed by atoms with Gasteiger partial charge in [0.15, 0.2) is 0 Å². The largest absolute Gasteiger partial charge is 0.389 e. The normalized spacial score (nSPS) is 27.9. The van der Waals surface area contributed by atoms with Crippen molar-refractivity contribution >= 4 is 0 Å². The van der Waals surface area contributed by atoms with Crippen molar-refractivity contribution in [3.63, 3.8) is 0 Å². The van der Waals surface area contributed by atoms with E-state index < -0.39 is 6.10 Å². The number of aliphatic hydroxyl groups is 1. The monoisotopic (exact) mass is 231 g/mol. The molecule has 0 bridgehead atoms. The summed E-state index contributed by atoms with van der Waals surface area (Å²) in [6.45, 7) is 3.03. The fraction of sp³-hybridized carbons (Fsp3) is 1.00. The summed E-state index contributed by atoms with van der Waals surface area (Å²) >= 11 is 0. The standard InChI is InChI=1S/C12H25NO3/c1-3-10-6-4-5-7-12(10)16-9-11(14)8-13-15-2/h10-14H,3-9H2,1-2H3. The van der Waals surface area contributed by atoms with Gasteiger partial charge in [-0.15, -0.1) is 0 Å². The van der Waals surface area contributed by atoms with Crippen molar-refractivity contribution in [3.8, 4) is 0 Å². The molecule has 0 spiro atoms. The Labute approximate surface area is 98.3 Å². The third kappa shape index (κ3) is 4.78. The summed E-state index contributed by atoms with van der Waals surface area (Å²) in [4.78, 5) is 4.68. The zero-order chi connectivity index (χ0) is 11.8. The third-order valence-electron chi connectivity index (χ3n) is 3.33. The van der Waals surface area contributed by atoms with Crippen LogP contribution in [0.4, 0.5) is 0 Å². The molecule has 2 N–H and O–H groups in total. The fourth-order valence-electron chi connectivity index (χ4n) is 2.33. The fourth-order valence-corrected chi connectivity index (χ4v) is 2.33. The van der Waals surface area contributed by atoms with Crippen molar-refractivity contribution in [2.24, 2.45) is 5.92 Å². The maximum Gasteiger partial charge on any atom is 0.0921 e. The second-order valence-corrected chi connectivity index (χ2v) is 4.53. The van der Waals surface area contributed by atoms with Crippen molar-refractivity contribution in [3.05, 3.63) is 0 Å². The summed E-state index contributed by atoms with van der Waals surface area (Å²) in [6, 6.07) is 0. The first kappa shape index (κ1) is 13.9. The molecule has 0 heterocycles. The third-order valence-corrected chi connectivity index (χ3v) is 3.33. The van der Waals surface area contributed by atoms with E-state index in [0.717, 1.165) is 6.42 Å². The van der Waals surface area contributed by atoms with E-state index in [9.17, 15) is 5.11 Å². The number of aliphatic hydroxyl groups excluding tert-OH is 1. The summed E-state index contributed by atoms with van der Waals surface area (Å²) < 4.78 is 5.80. The zero-order valence-electron chi connectivity index (χ0n) is 10.4. The molecule has 0 aromatic carbocycles. The quantitative estimate of drug-likeness (QED) is 0.652. The molecule has 0 aliphatic heterocycles. The number of ether oxygens (including phenoxy) is 1. The first-order chi connectivity index (χ1) is 7.77. The average molecular weight is 231 g/mol. The summed E-state index contributed by atoms with van der Waals surface area (Å²) in [5.41, 5.74) is 2.63. The number of hydrogen-bond donors (Lipinski definition) is 2. The van der Waals surface area contributed by atoms with Crippen LogP contribution in [-0.2, 0) is 9.57 Å². The maximum atomic E-state index is 9.60. The molecule has 1 saturated carbocycles. The Bertz CT molecular complexity index is 178. The van der Waals surface area contributed by atoms with Gasteiger partial charge in [-0.3, -0.25) is 0 Å². The molecular formula is C12H25NO3. The lowest BCUT2D eigenvalue weighted by atomic mass is 9.85. The van der Waals surface area contributed by atoms with Crippen LogP contribution in [0.15, 0.2) is 0 Å². The highest BCUT2D eigenvalue weighted by atomic mass is 16.6. The lowest BCUT2D eigenvalue weighted by molar-refractivity contribution is -0.0592. The SMILES string of the molecule is CCC1CCCCC1OCC(O)CNOC. The van der Waals surface area contributed by atoms with E-state index in [1.54, 1.807) is 7.11 Å². The highest BCUT2D eigenvalue weighted by Crippen LogP contribution is 2.29. The van der Waals surface area contributed by atoms with E-state index in [1.807, 2.05) is 0 Å². The van der Waals surface area contributed by atoms with Crippen LogP contribution in [0, 0.1) is 5.92 Å². The molecule has 3 unspecified atom stereocenters. The Morgan fingerprint density at radius 2 is 2.12 bits per heavy atom. The van der Waals surface area contributed by atoms with Crippen LogP contribution in [0.3, 0.4) is 0 Å². The van der Waals surface area contributed by atoms with Crippen LogP contribution >= 0.6 is 0 Å². The van der Waals surface area contributed by atoms with Crippen LogP contribution in [0.1, 0.15) is 39.0 Å². The molecule has 1 fully saturated rings. The van der Waals surface area contributed by atoms with Gasteiger partial charge in [-0.05, 0) is 18.8 Å². The van der Waals surface area contributed by atoms with E-state index >= 15 is 0 Å². The van der Waals surface area contributed by atoms with Gasteiger partial charge in [-0.2, -0.15) is 0 Å². The average Bonchev–Trinajstić information content (AvgIpc) is 2.34. The molecule has 96 valence electrons. The Morgan fingerprint density at radius 1 is 1.38 bits per heavy atom. The second kappa shape index (κ2) is 8.01. The molecule has 0 aromatic rings. The highest BCUT2D eigenvalue weighted by Gasteiger charge is 2.24. The molecule has 3 atom stereocenters. The number of hydroxylamine groups is 1. The zero-order valence-corrected chi connectivity index (χ0v) is 10.4. The van der Waals surface area contributed by atoms with Gasteiger partial charge in [0.1, 0.15) is 0 Å². The molecule has 1 aliphatic carbocycles. The summed E-state index contributed by atoms with van der Waals surface area (Å²) in [5, 5.41) is 9.60. The molecule has 0 saturated heterocycles. The Hall–Kier alpha value is -0.160. The first-order valence-electron chi connectivity index (χ1n) is 6.33. The number of hydrogen-bond acceptors (Lipinski definition) is 4. The Morgan fingerprint density at radius 3 is 2.81 bits per heavy atom. The van der Waals surface area contributed by atoms with Crippen LogP contribution in [-0.4, -0.2) is 37.6 Å². The smallest absolute Gasteiger partial charge is 0.0921 e. The van der Waals surface area contributed by atoms with Gasteiger partial charge < -0.3 is 14.7 Å². The maximum absolute atomic E-state index is 9.60. The van der Waals surface area contributed by atoms with Crippen molar-refractivity contribution in [1.29, 1.82) is 0 Å². The minimum absolute atomic E-state index is 0.343. The lowest BCUT2D eigenvalue weighted by Crippen LogP contribution is -2.34. The van der Waals surface area contributed by atoms with E-state index in [4.69, 9.17) is 4.74 Å². The number of nitrogens with one attached hydrogen (secondary N) is 1. The molecule has 4 heteroatoms. The van der Waals surface area contributed by atoms with Crippen molar-refractivity contribution in [2.75, 3.05) is 20.3 Å². The summed E-state index contributed by atoms with van der Waals surface area (Å²) in [6.07, 6.45) is 6.03. The van der Waals surface area contributed by atoms with Gasteiger partial charge in [0, 0.05) is 6.54 Å². The minimum atomic E-state index is -0.487. The van der Waals surface area contributed by atoms with Crippen molar-refractivity contribution in [2.45, 2.75) is 51.2 Å². The molecule has 1 rings (SSSR count). The predicted molar refractivity (Wildman–Crippen MR) is 63.0 cm³/mol.